The summed E-state index contributed by atoms with van der Waals surface area (Å²) in [6.07, 6.45) is 0.594. The third-order valence-corrected chi connectivity index (χ3v) is 7.34. The predicted octanol–water partition coefficient (Wildman–Crippen LogP) is 1.97. The van der Waals surface area contributed by atoms with Crippen LogP contribution < -0.4 is 0 Å². The average Bonchev–Trinajstić information content (AvgIpc) is 2.98. The summed E-state index contributed by atoms with van der Waals surface area (Å²) in [5.74, 6) is -1.04. The van der Waals surface area contributed by atoms with E-state index in [1.165, 1.54) is 16.4 Å². The molecule has 10 heteroatoms. The van der Waals surface area contributed by atoms with Crippen LogP contribution in [0.4, 0.5) is 5.69 Å². The van der Waals surface area contributed by atoms with Gasteiger partial charge in [0.2, 0.25) is 10.0 Å². The lowest BCUT2D eigenvalue weighted by atomic mass is 10.0. The Kier molecular flexibility index (Phi) is 5.12. The summed E-state index contributed by atoms with van der Waals surface area (Å²) in [7, 11) is -3.64. The monoisotopic (exact) mass is 429 g/mol. The van der Waals surface area contributed by atoms with Crippen LogP contribution in [0.25, 0.3) is 0 Å². The molecule has 2 aliphatic rings. The summed E-state index contributed by atoms with van der Waals surface area (Å²) < 4.78 is 26.9. The van der Waals surface area contributed by atoms with Crippen molar-refractivity contribution in [2.24, 2.45) is 0 Å². The number of benzene rings is 2. The predicted molar refractivity (Wildman–Crippen MR) is 107 cm³/mol. The highest BCUT2D eigenvalue weighted by Crippen LogP contribution is 2.26. The van der Waals surface area contributed by atoms with Crippen molar-refractivity contribution in [1.29, 1.82) is 0 Å². The minimum absolute atomic E-state index is 0.0154. The molecule has 0 aliphatic carbocycles. The second-order valence-electron chi connectivity index (χ2n) is 7.27. The van der Waals surface area contributed by atoms with E-state index in [4.69, 9.17) is 0 Å². The van der Waals surface area contributed by atoms with E-state index in [1.807, 2.05) is 0 Å². The van der Waals surface area contributed by atoms with Crippen LogP contribution in [0.1, 0.15) is 38.3 Å². The first-order valence-electron chi connectivity index (χ1n) is 9.47. The highest BCUT2D eigenvalue weighted by Gasteiger charge is 2.35. The summed E-state index contributed by atoms with van der Waals surface area (Å²) >= 11 is 0. The van der Waals surface area contributed by atoms with Crippen LogP contribution in [0.5, 0.6) is 0 Å². The first-order valence-corrected chi connectivity index (χ1v) is 11.1. The van der Waals surface area contributed by atoms with Crippen molar-refractivity contribution in [2.75, 3.05) is 18.8 Å². The van der Waals surface area contributed by atoms with E-state index in [0.29, 0.717) is 29.7 Å². The topological polar surface area (TPSA) is 118 Å². The van der Waals surface area contributed by atoms with Gasteiger partial charge in [0.25, 0.3) is 17.5 Å². The quantitative estimate of drug-likeness (QED) is 0.394. The SMILES string of the molecule is O=C1c2ccccc2C(=O)N1CCCS(=O)(=O)N1CCc2ccc([N+](=O)[O-])cc2C1. The zero-order valence-electron chi connectivity index (χ0n) is 16.0. The molecule has 0 saturated heterocycles. The van der Waals surface area contributed by atoms with Gasteiger partial charge in [0.1, 0.15) is 0 Å². The van der Waals surface area contributed by atoms with Gasteiger partial charge >= 0.3 is 0 Å². The van der Waals surface area contributed by atoms with E-state index >= 15 is 0 Å². The largest absolute Gasteiger partial charge is 0.274 e. The average molecular weight is 429 g/mol. The second-order valence-corrected chi connectivity index (χ2v) is 9.36. The molecular formula is C20H19N3O6S. The Morgan fingerprint density at radius 1 is 1.00 bits per heavy atom. The number of nitrogens with zero attached hydrogens (tertiary/aromatic N) is 3. The Balaban J connectivity index is 1.40. The molecule has 0 aromatic heterocycles. The van der Waals surface area contributed by atoms with Gasteiger partial charge in [-0.3, -0.25) is 24.6 Å². The first-order chi connectivity index (χ1) is 14.3. The Bertz CT molecular complexity index is 1130. The van der Waals surface area contributed by atoms with Crippen LogP contribution in [-0.2, 0) is 23.0 Å². The maximum absolute atomic E-state index is 12.8. The number of hydrogen-bond donors (Lipinski definition) is 0. The van der Waals surface area contributed by atoms with Gasteiger partial charge in [-0.1, -0.05) is 18.2 Å². The van der Waals surface area contributed by atoms with E-state index in [1.54, 1.807) is 30.3 Å². The van der Waals surface area contributed by atoms with Gasteiger partial charge in [0.15, 0.2) is 0 Å². The van der Waals surface area contributed by atoms with Gasteiger partial charge in [-0.05, 0) is 36.1 Å². The van der Waals surface area contributed by atoms with Crippen molar-refractivity contribution in [1.82, 2.24) is 9.21 Å². The third-order valence-electron chi connectivity index (χ3n) is 5.43. The smallest absolute Gasteiger partial charge is 0.269 e. The van der Waals surface area contributed by atoms with Gasteiger partial charge in [-0.15, -0.1) is 0 Å². The molecule has 0 spiro atoms. The van der Waals surface area contributed by atoms with E-state index in [-0.39, 0.29) is 31.0 Å². The number of non-ortho nitro benzene ring substituents is 1. The molecule has 0 bridgehead atoms. The van der Waals surface area contributed by atoms with Crippen LogP contribution in [0.15, 0.2) is 42.5 Å². The lowest BCUT2D eigenvalue weighted by Crippen LogP contribution is -2.38. The highest BCUT2D eigenvalue weighted by atomic mass is 32.2. The molecule has 2 aliphatic heterocycles. The Morgan fingerprint density at radius 3 is 2.30 bits per heavy atom. The van der Waals surface area contributed by atoms with Crippen LogP contribution in [-0.4, -0.2) is 53.2 Å². The number of amides is 2. The maximum Gasteiger partial charge on any atom is 0.269 e. The number of fused-ring (bicyclic) bond motifs is 2. The third kappa shape index (κ3) is 3.59. The minimum Gasteiger partial charge on any atom is -0.274 e. The van der Waals surface area contributed by atoms with E-state index in [9.17, 15) is 28.1 Å². The molecule has 2 aromatic rings. The van der Waals surface area contributed by atoms with Crippen LogP contribution in [0.2, 0.25) is 0 Å². The normalized spacial score (nSPS) is 16.5. The van der Waals surface area contributed by atoms with Crippen LogP contribution >= 0.6 is 0 Å². The summed E-state index contributed by atoms with van der Waals surface area (Å²) in [5, 5.41) is 11.0. The number of nitro groups is 1. The molecule has 156 valence electrons. The molecule has 0 atom stereocenters. The molecular weight excluding hydrogens is 410 g/mol. The molecule has 0 saturated carbocycles. The number of rotatable bonds is 6. The molecule has 9 nitrogen and oxygen atoms in total. The molecule has 30 heavy (non-hydrogen) atoms. The van der Waals surface area contributed by atoms with Crippen LogP contribution in [0, 0.1) is 10.1 Å². The summed E-state index contributed by atoms with van der Waals surface area (Å²) in [5.41, 5.74) is 2.12. The number of hydrogen-bond acceptors (Lipinski definition) is 6. The first kappa shape index (κ1) is 20.2. The number of carbonyl (C=O) groups is 2. The van der Waals surface area contributed by atoms with Crippen molar-refractivity contribution < 1.29 is 22.9 Å². The second kappa shape index (κ2) is 7.62. The fourth-order valence-electron chi connectivity index (χ4n) is 3.84. The Morgan fingerprint density at radius 2 is 1.67 bits per heavy atom. The number of imide groups is 1. The van der Waals surface area contributed by atoms with Crippen LogP contribution in [0.3, 0.4) is 0 Å². The zero-order chi connectivity index (χ0) is 21.5. The lowest BCUT2D eigenvalue weighted by Gasteiger charge is -2.28. The highest BCUT2D eigenvalue weighted by molar-refractivity contribution is 7.89. The lowest BCUT2D eigenvalue weighted by molar-refractivity contribution is -0.385. The number of carbonyl (C=O) groups excluding carboxylic acids is 2. The maximum atomic E-state index is 12.8. The van der Waals surface area contributed by atoms with Gasteiger partial charge < -0.3 is 0 Å². The van der Waals surface area contributed by atoms with Crippen molar-refractivity contribution in [3.8, 4) is 0 Å². The molecule has 0 radical (unpaired) electrons. The Labute approximate surface area is 173 Å². The molecule has 0 N–H and O–H groups in total. The molecule has 2 amide bonds. The number of nitro benzene ring substituents is 1. The summed E-state index contributed by atoms with van der Waals surface area (Å²) in [6, 6.07) is 11.0. The fraction of sp³-hybridized carbons (Fsp3) is 0.300. The van der Waals surface area contributed by atoms with Crippen molar-refractivity contribution in [2.45, 2.75) is 19.4 Å². The molecule has 4 rings (SSSR count). The molecule has 2 heterocycles. The van der Waals surface area contributed by atoms with Gasteiger partial charge in [-0.25, -0.2) is 8.42 Å². The van der Waals surface area contributed by atoms with Gasteiger partial charge in [-0.2, -0.15) is 4.31 Å². The zero-order valence-corrected chi connectivity index (χ0v) is 16.8. The summed E-state index contributed by atoms with van der Waals surface area (Å²) in [4.78, 5) is 36.3. The van der Waals surface area contributed by atoms with Gasteiger partial charge in [0, 0.05) is 31.8 Å². The van der Waals surface area contributed by atoms with Gasteiger partial charge in [0.05, 0.1) is 21.8 Å². The molecule has 2 aromatic carbocycles. The number of sulfonamides is 1. The fourth-order valence-corrected chi connectivity index (χ4v) is 5.30. The van der Waals surface area contributed by atoms with Crippen molar-refractivity contribution >= 4 is 27.5 Å². The van der Waals surface area contributed by atoms with E-state index < -0.39 is 26.8 Å². The van der Waals surface area contributed by atoms with Crippen molar-refractivity contribution in [3.63, 3.8) is 0 Å². The minimum atomic E-state index is -3.64. The molecule has 0 unspecified atom stereocenters. The van der Waals surface area contributed by atoms with E-state index in [2.05, 4.69) is 0 Å². The van der Waals surface area contributed by atoms with Crippen molar-refractivity contribution in [3.05, 3.63) is 74.8 Å². The van der Waals surface area contributed by atoms with E-state index in [0.717, 1.165) is 10.5 Å². The standard InChI is InChI=1S/C20H19N3O6S/c24-19-17-4-1-2-5-18(17)20(25)22(19)9-3-11-30(28,29)21-10-8-14-6-7-16(23(26)27)12-15(14)13-21/h1-2,4-7,12H,3,8-11,13H2. The Hall–Kier alpha value is -3.11. The summed E-state index contributed by atoms with van der Waals surface area (Å²) in [6.45, 7) is 0.383. The molecule has 0 fully saturated rings.